The standard InChI is InChI=1S/C18H24FN3O/c1-2-21-9-3-4-16(21)13-20-18(23)8-11-22-10-7-14-5-6-15(19)12-17(14)22/h5-7,10,12,16H,2-4,8-9,11,13H2,1H3,(H,20,23)/t16-/m1/s1. The highest BCUT2D eigenvalue weighted by Crippen LogP contribution is 2.18. The molecule has 2 heterocycles. The van der Waals surface area contributed by atoms with E-state index < -0.39 is 0 Å². The predicted molar refractivity (Wildman–Crippen MR) is 89.8 cm³/mol. The van der Waals surface area contributed by atoms with Crippen LogP contribution in [0.15, 0.2) is 30.5 Å². The molecule has 0 spiro atoms. The number of likely N-dealkylation sites (tertiary alicyclic amines) is 1. The van der Waals surface area contributed by atoms with Crippen molar-refractivity contribution in [3.63, 3.8) is 0 Å². The number of nitrogens with zero attached hydrogens (tertiary/aromatic N) is 2. The van der Waals surface area contributed by atoms with Crippen LogP contribution in [-0.2, 0) is 11.3 Å². The molecular formula is C18H24FN3O. The maximum atomic E-state index is 13.4. The molecule has 1 aromatic carbocycles. The van der Waals surface area contributed by atoms with Gasteiger partial charge in [-0.1, -0.05) is 6.92 Å². The molecule has 1 fully saturated rings. The number of nitrogens with one attached hydrogen (secondary N) is 1. The van der Waals surface area contributed by atoms with Crippen molar-refractivity contribution in [1.82, 2.24) is 14.8 Å². The van der Waals surface area contributed by atoms with Crippen molar-refractivity contribution in [1.29, 1.82) is 0 Å². The van der Waals surface area contributed by atoms with Crippen molar-refractivity contribution in [3.05, 3.63) is 36.3 Å². The summed E-state index contributed by atoms with van der Waals surface area (Å²) >= 11 is 0. The van der Waals surface area contributed by atoms with Crippen LogP contribution in [0.4, 0.5) is 4.39 Å². The Balaban J connectivity index is 1.51. The van der Waals surface area contributed by atoms with E-state index in [-0.39, 0.29) is 11.7 Å². The fraction of sp³-hybridized carbons (Fsp3) is 0.500. The van der Waals surface area contributed by atoms with Crippen molar-refractivity contribution < 1.29 is 9.18 Å². The van der Waals surface area contributed by atoms with Crippen LogP contribution in [0.25, 0.3) is 10.9 Å². The Bertz CT molecular complexity index is 682. The number of carbonyl (C=O) groups is 1. The van der Waals surface area contributed by atoms with Crippen molar-refractivity contribution >= 4 is 16.8 Å². The summed E-state index contributed by atoms with van der Waals surface area (Å²) in [5, 5.41) is 4.04. The van der Waals surface area contributed by atoms with Crippen LogP contribution >= 0.6 is 0 Å². The van der Waals surface area contributed by atoms with Gasteiger partial charge in [-0.25, -0.2) is 4.39 Å². The van der Waals surface area contributed by atoms with Crippen molar-refractivity contribution in [2.75, 3.05) is 19.6 Å². The molecule has 124 valence electrons. The Morgan fingerprint density at radius 3 is 3.09 bits per heavy atom. The summed E-state index contributed by atoms with van der Waals surface area (Å²) < 4.78 is 15.3. The van der Waals surface area contributed by atoms with E-state index in [1.54, 1.807) is 6.07 Å². The van der Waals surface area contributed by atoms with E-state index in [0.29, 0.717) is 19.0 Å². The average Bonchev–Trinajstić information content (AvgIpc) is 3.16. The van der Waals surface area contributed by atoms with E-state index in [0.717, 1.165) is 37.0 Å². The lowest BCUT2D eigenvalue weighted by Crippen LogP contribution is -2.40. The van der Waals surface area contributed by atoms with Crippen LogP contribution in [0, 0.1) is 5.82 Å². The summed E-state index contributed by atoms with van der Waals surface area (Å²) in [6.07, 6.45) is 4.71. The number of amides is 1. The van der Waals surface area contributed by atoms with Crippen LogP contribution in [0.2, 0.25) is 0 Å². The highest BCUT2D eigenvalue weighted by Gasteiger charge is 2.22. The molecule has 3 rings (SSSR count). The normalized spacial score (nSPS) is 18.6. The third-order valence-corrected chi connectivity index (χ3v) is 4.76. The van der Waals surface area contributed by atoms with Crippen LogP contribution in [0.5, 0.6) is 0 Å². The highest BCUT2D eigenvalue weighted by atomic mass is 19.1. The summed E-state index contributed by atoms with van der Waals surface area (Å²) in [6.45, 7) is 5.64. The lowest BCUT2D eigenvalue weighted by atomic mass is 10.2. The number of hydrogen-bond donors (Lipinski definition) is 1. The van der Waals surface area contributed by atoms with Crippen LogP contribution in [0.3, 0.4) is 0 Å². The molecule has 0 bridgehead atoms. The van der Waals surface area contributed by atoms with Gasteiger partial charge in [0, 0.05) is 31.7 Å². The quantitative estimate of drug-likeness (QED) is 0.889. The molecule has 0 radical (unpaired) electrons. The Hall–Kier alpha value is -1.88. The number of aryl methyl sites for hydroxylation is 1. The van der Waals surface area contributed by atoms with Gasteiger partial charge in [0.15, 0.2) is 0 Å². The van der Waals surface area contributed by atoms with E-state index in [9.17, 15) is 9.18 Å². The van der Waals surface area contributed by atoms with Crippen molar-refractivity contribution in [2.45, 2.75) is 38.8 Å². The minimum Gasteiger partial charge on any atom is -0.354 e. The number of aromatic nitrogens is 1. The fourth-order valence-electron chi connectivity index (χ4n) is 3.44. The third kappa shape index (κ3) is 3.72. The molecule has 4 nitrogen and oxygen atoms in total. The molecule has 1 N–H and O–H groups in total. The topological polar surface area (TPSA) is 37.3 Å². The monoisotopic (exact) mass is 317 g/mol. The van der Waals surface area contributed by atoms with Crippen LogP contribution in [0.1, 0.15) is 26.2 Å². The van der Waals surface area contributed by atoms with E-state index in [2.05, 4.69) is 17.1 Å². The predicted octanol–water partition coefficient (Wildman–Crippen LogP) is 2.77. The second-order valence-corrected chi connectivity index (χ2v) is 6.19. The van der Waals surface area contributed by atoms with Crippen LogP contribution < -0.4 is 5.32 Å². The summed E-state index contributed by atoms with van der Waals surface area (Å²) in [5.74, 6) is -0.186. The first-order valence-corrected chi connectivity index (χ1v) is 8.42. The summed E-state index contributed by atoms with van der Waals surface area (Å²) in [6, 6.07) is 7.17. The van der Waals surface area contributed by atoms with Gasteiger partial charge in [0.1, 0.15) is 5.82 Å². The summed E-state index contributed by atoms with van der Waals surface area (Å²) in [5.41, 5.74) is 0.839. The van der Waals surface area contributed by atoms with Gasteiger partial charge in [-0.05, 0) is 55.6 Å². The molecule has 23 heavy (non-hydrogen) atoms. The Morgan fingerprint density at radius 2 is 2.26 bits per heavy atom. The molecule has 0 aliphatic carbocycles. The Kier molecular flexibility index (Phi) is 4.96. The van der Waals surface area contributed by atoms with Gasteiger partial charge < -0.3 is 9.88 Å². The highest BCUT2D eigenvalue weighted by molar-refractivity contribution is 5.80. The lowest BCUT2D eigenvalue weighted by molar-refractivity contribution is -0.121. The van der Waals surface area contributed by atoms with Gasteiger partial charge in [-0.3, -0.25) is 9.69 Å². The first-order chi connectivity index (χ1) is 11.2. The number of halogens is 1. The first-order valence-electron chi connectivity index (χ1n) is 8.42. The number of rotatable bonds is 6. The minimum atomic E-state index is -0.247. The third-order valence-electron chi connectivity index (χ3n) is 4.76. The minimum absolute atomic E-state index is 0.0613. The van der Waals surface area contributed by atoms with Crippen molar-refractivity contribution in [2.24, 2.45) is 0 Å². The Labute approximate surface area is 136 Å². The molecule has 0 saturated carbocycles. The van der Waals surface area contributed by atoms with Gasteiger partial charge in [0.2, 0.25) is 5.91 Å². The molecule has 5 heteroatoms. The molecule has 1 aliphatic heterocycles. The van der Waals surface area contributed by atoms with E-state index in [1.165, 1.54) is 18.6 Å². The van der Waals surface area contributed by atoms with E-state index in [4.69, 9.17) is 0 Å². The molecule has 1 aliphatic rings. The van der Waals surface area contributed by atoms with Gasteiger partial charge in [0.05, 0.1) is 5.52 Å². The number of fused-ring (bicyclic) bond motifs is 1. The zero-order valence-electron chi connectivity index (χ0n) is 13.6. The van der Waals surface area contributed by atoms with Gasteiger partial charge >= 0.3 is 0 Å². The molecule has 2 aromatic rings. The first kappa shape index (κ1) is 16.0. The zero-order chi connectivity index (χ0) is 16.2. The van der Waals surface area contributed by atoms with Crippen LogP contribution in [-0.4, -0.2) is 41.1 Å². The summed E-state index contributed by atoms with van der Waals surface area (Å²) in [7, 11) is 0. The fourth-order valence-corrected chi connectivity index (χ4v) is 3.44. The lowest BCUT2D eigenvalue weighted by Gasteiger charge is -2.22. The largest absolute Gasteiger partial charge is 0.354 e. The second kappa shape index (κ2) is 7.13. The van der Waals surface area contributed by atoms with Gasteiger partial charge in [-0.15, -0.1) is 0 Å². The second-order valence-electron chi connectivity index (χ2n) is 6.19. The number of benzene rings is 1. The van der Waals surface area contributed by atoms with E-state index >= 15 is 0 Å². The smallest absolute Gasteiger partial charge is 0.221 e. The molecule has 1 aromatic heterocycles. The number of carbonyl (C=O) groups excluding carboxylic acids is 1. The maximum Gasteiger partial charge on any atom is 0.221 e. The Morgan fingerprint density at radius 1 is 1.39 bits per heavy atom. The number of hydrogen-bond acceptors (Lipinski definition) is 2. The summed E-state index contributed by atoms with van der Waals surface area (Å²) in [4.78, 5) is 14.5. The van der Waals surface area contributed by atoms with Gasteiger partial charge in [0.25, 0.3) is 0 Å². The maximum absolute atomic E-state index is 13.4. The average molecular weight is 317 g/mol. The number of likely N-dealkylation sites (N-methyl/N-ethyl adjacent to an activating group) is 1. The molecule has 1 amide bonds. The zero-order valence-corrected chi connectivity index (χ0v) is 13.6. The van der Waals surface area contributed by atoms with Gasteiger partial charge in [-0.2, -0.15) is 0 Å². The molecule has 0 unspecified atom stereocenters. The SMILES string of the molecule is CCN1CCC[C@@H]1CNC(=O)CCn1ccc2ccc(F)cc21. The molecule has 1 saturated heterocycles. The molecule has 1 atom stereocenters. The van der Waals surface area contributed by atoms with Crippen molar-refractivity contribution in [3.8, 4) is 0 Å². The molecular weight excluding hydrogens is 293 g/mol. The van der Waals surface area contributed by atoms with E-state index in [1.807, 2.05) is 16.8 Å².